The van der Waals surface area contributed by atoms with E-state index >= 15 is 0 Å². The predicted molar refractivity (Wildman–Crippen MR) is 85.6 cm³/mol. The number of aromatic nitrogens is 4. The smallest absolute Gasteiger partial charge is 0.265 e. The summed E-state index contributed by atoms with van der Waals surface area (Å²) in [6.07, 6.45) is 4.08. The van der Waals surface area contributed by atoms with Crippen LogP contribution in [0.15, 0.2) is 29.2 Å². The van der Waals surface area contributed by atoms with Gasteiger partial charge in [-0.2, -0.15) is 10.2 Å². The zero-order valence-electron chi connectivity index (χ0n) is 13.0. The highest BCUT2D eigenvalue weighted by molar-refractivity contribution is 5.82. The fourth-order valence-electron chi connectivity index (χ4n) is 2.87. The van der Waals surface area contributed by atoms with Gasteiger partial charge in [0.05, 0.1) is 17.6 Å². The Morgan fingerprint density at radius 1 is 1.18 bits per heavy atom. The molecule has 0 amide bonds. The molecule has 3 aromatic rings. The minimum absolute atomic E-state index is 0.102. The molecule has 0 N–H and O–H groups in total. The first-order valence-corrected chi connectivity index (χ1v) is 7.59. The third kappa shape index (κ3) is 1.89. The zero-order valence-corrected chi connectivity index (χ0v) is 13.0. The first-order valence-electron chi connectivity index (χ1n) is 7.59. The molecule has 0 saturated heterocycles. The van der Waals surface area contributed by atoms with Crippen LogP contribution in [0.25, 0.3) is 16.6 Å². The van der Waals surface area contributed by atoms with Gasteiger partial charge in [0.2, 0.25) is 0 Å². The molecule has 2 heterocycles. The molecule has 1 saturated carbocycles. The van der Waals surface area contributed by atoms with Gasteiger partial charge >= 0.3 is 0 Å². The molecule has 1 fully saturated rings. The fourth-order valence-corrected chi connectivity index (χ4v) is 2.87. The van der Waals surface area contributed by atoms with Crippen molar-refractivity contribution in [3.63, 3.8) is 0 Å². The van der Waals surface area contributed by atoms with E-state index in [2.05, 4.69) is 36.2 Å². The summed E-state index contributed by atoms with van der Waals surface area (Å²) in [7, 11) is 1.71. The number of nitrogens with zero attached hydrogens (tertiary/aromatic N) is 4. The van der Waals surface area contributed by atoms with Gasteiger partial charge in [-0.15, -0.1) is 0 Å². The Kier molecular flexibility index (Phi) is 2.73. The van der Waals surface area contributed by atoms with Crippen molar-refractivity contribution in [3.05, 3.63) is 51.6 Å². The van der Waals surface area contributed by atoms with Gasteiger partial charge in [0.25, 0.3) is 5.56 Å². The van der Waals surface area contributed by atoms with E-state index in [1.54, 1.807) is 17.9 Å². The van der Waals surface area contributed by atoms with E-state index < -0.39 is 0 Å². The van der Waals surface area contributed by atoms with Crippen molar-refractivity contribution >= 4 is 10.9 Å². The third-order valence-electron chi connectivity index (χ3n) is 4.50. The van der Waals surface area contributed by atoms with Gasteiger partial charge in [0.1, 0.15) is 5.52 Å². The van der Waals surface area contributed by atoms with Crippen molar-refractivity contribution in [2.45, 2.75) is 32.6 Å². The highest BCUT2D eigenvalue weighted by Crippen LogP contribution is 2.41. The zero-order chi connectivity index (χ0) is 15.4. The summed E-state index contributed by atoms with van der Waals surface area (Å²) in [5.41, 5.74) is 4.87. The average molecular weight is 294 g/mol. The van der Waals surface area contributed by atoms with E-state index in [4.69, 9.17) is 0 Å². The minimum Gasteiger partial charge on any atom is -0.265 e. The lowest BCUT2D eigenvalue weighted by Crippen LogP contribution is -2.23. The standard InChI is InChI=1S/C17H18N4O/c1-10-4-7-13(8-11(10)2)21-16-14(9-18-21)15(12-5-6-12)19-20(3)17(16)22/h4,7-9,12H,5-6H2,1-3H3. The fraction of sp³-hybridized carbons (Fsp3) is 0.353. The summed E-state index contributed by atoms with van der Waals surface area (Å²) in [5, 5.41) is 9.82. The Labute approximate surface area is 128 Å². The summed E-state index contributed by atoms with van der Waals surface area (Å²) in [6, 6.07) is 6.13. The molecule has 4 rings (SSSR count). The maximum Gasteiger partial charge on any atom is 0.293 e. The first kappa shape index (κ1) is 13.2. The molecule has 0 aliphatic heterocycles. The number of hydrogen-bond donors (Lipinski definition) is 0. The summed E-state index contributed by atoms with van der Waals surface area (Å²) in [4.78, 5) is 12.6. The maximum absolute atomic E-state index is 12.6. The molecule has 0 bridgehead atoms. The molecule has 5 heteroatoms. The van der Waals surface area contributed by atoms with Crippen LogP contribution in [0.4, 0.5) is 0 Å². The van der Waals surface area contributed by atoms with E-state index in [-0.39, 0.29) is 5.56 Å². The Morgan fingerprint density at radius 2 is 1.95 bits per heavy atom. The monoisotopic (exact) mass is 294 g/mol. The second kappa shape index (κ2) is 4.53. The van der Waals surface area contributed by atoms with E-state index in [1.807, 2.05) is 6.07 Å². The molecular weight excluding hydrogens is 276 g/mol. The van der Waals surface area contributed by atoms with Gasteiger partial charge in [-0.3, -0.25) is 4.79 Å². The van der Waals surface area contributed by atoms with Gasteiger partial charge in [0.15, 0.2) is 0 Å². The van der Waals surface area contributed by atoms with E-state index in [0.29, 0.717) is 11.4 Å². The molecule has 0 spiro atoms. The summed E-state index contributed by atoms with van der Waals surface area (Å²) < 4.78 is 3.19. The lowest BCUT2D eigenvalue weighted by atomic mass is 10.1. The van der Waals surface area contributed by atoms with Gasteiger partial charge in [0, 0.05) is 18.4 Å². The Balaban J connectivity index is 2.03. The lowest BCUT2D eigenvalue weighted by Gasteiger charge is -2.08. The van der Waals surface area contributed by atoms with Crippen molar-refractivity contribution in [1.82, 2.24) is 19.6 Å². The normalized spacial score (nSPS) is 14.7. The quantitative estimate of drug-likeness (QED) is 0.730. The van der Waals surface area contributed by atoms with Crippen LogP contribution in [-0.2, 0) is 7.05 Å². The maximum atomic E-state index is 12.6. The molecule has 2 aromatic heterocycles. The predicted octanol–water partition coefficient (Wildman–Crippen LogP) is 2.61. The van der Waals surface area contributed by atoms with Crippen molar-refractivity contribution in [2.24, 2.45) is 7.05 Å². The summed E-state index contributed by atoms with van der Waals surface area (Å²) >= 11 is 0. The van der Waals surface area contributed by atoms with E-state index in [9.17, 15) is 4.79 Å². The van der Waals surface area contributed by atoms with Crippen molar-refractivity contribution in [2.75, 3.05) is 0 Å². The van der Waals surface area contributed by atoms with Crippen LogP contribution < -0.4 is 5.56 Å². The van der Waals surface area contributed by atoms with Gasteiger partial charge in [-0.1, -0.05) is 6.07 Å². The number of benzene rings is 1. The van der Waals surface area contributed by atoms with Crippen LogP contribution in [-0.4, -0.2) is 19.6 Å². The van der Waals surface area contributed by atoms with Crippen molar-refractivity contribution in [3.8, 4) is 5.69 Å². The number of fused-ring (bicyclic) bond motifs is 1. The lowest BCUT2D eigenvalue weighted by molar-refractivity contribution is 0.687. The third-order valence-corrected chi connectivity index (χ3v) is 4.50. The molecule has 112 valence electrons. The van der Waals surface area contributed by atoms with Gasteiger partial charge < -0.3 is 0 Å². The largest absolute Gasteiger partial charge is 0.293 e. The minimum atomic E-state index is -0.102. The van der Waals surface area contributed by atoms with E-state index in [0.717, 1.165) is 29.6 Å². The highest BCUT2D eigenvalue weighted by Gasteiger charge is 2.29. The molecule has 0 unspecified atom stereocenters. The topological polar surface area (TPSA) is 52.7 Å². The molecule has 1 aliphatic carbocycles. The Bertz CT molecular complexity index is 947. The highest BCUT2D eigenvalue weighted by atomic mass is 16.1. The molecule has 1 aliphatic rings. The van der Waals surface area contributed by atoms with Crippen LogP contribution in [0.1, 0.15) is 35.6 Å². The number of aryl methyl sites for hydroxylation is 3. The molecule has 0 atom stereocenters. The molecular formula is C17H18N4O. The van der Waals surface area contributed by atoms with Crippen LogP contribution >= 0.6 is 0 Å². The second-order valence-electron chi connectivity index (χ2n) is 6.18. The van der Waals surface area contributed by atoms with Crippen LogP contribution in [0.5, 0.6) is 0 Å². The van der Waals surface area contributed by atoms with Crippen molar-refractivity contribution < 1.29 is 0 Å². The van der Waals surface area contributed by atoms with Crippen molar-refractivity contribution in [1.29, 1.82) is 0 Å². The van der Waals surface area contributed by atoms with E-state index in [1.165, 1.54) is 15.8 Å². The SMILES string of the molecule is Cc1ccc(-n2ncc3c(C4CC4)nn(C)c(=O)c32)cc1C. The van der Waals surface area contributed by atoms with Gasteiger partial charge in [-0.05, 0) is 49.9 Å². The molecule has 1 aromatic carbocycles. The van der Waals surface area contributed by atoms with Crippen LogP contribution in [0.2, 0.25) is 0 Å². The summed E-state index contributed by atoms with van der Waals surface area (Å²) in [6.45, 7) is 4.15. The molecule has 5 nitrogen and oxygen atoms in total. The van der Waals surface area contributed by atoms with Crippen LogP contribution in [0.3, 0.4) is 0 Å². The number of hydrogen-bond acceptors (Lipinski definition) is 3. The second-order valence-corrected chi connectivity index (χ2v) is 6.18. The number of rotatable bonds is 2. The molecule has 22 heavy (non-hydrogen) atoms. The Hall–Kier alpha value is -2.43. The Morgan fingerprint density at radius 3 is 2.64 bits per heavy atom. The van der Waals surface area contributed by atoms with Crippen LogP contribution in [0, 0.1) is 13.8 Å². The first-order chi connectivity index (χ1) is 10.6. The average Bonchev–Trinajstić information content (AvgIpc) is 3.24. The summed E-state index contributed by atoms with van der Waals surface area (Å²) in [5.74, 6) is 0.478. The molecule has 0 radical (unpaired) electrons. The van der Waals surface area contributed by atoms with Gasteiger partial charge in [-0.25, -0.2) is 9.36 Å².